The first kappa shape index (κ1) is 15.1. The van der Waals surface area contributed by atoms with E-state index in [2.05, 4.69) is 10.1 Å². The molecule has 1 saturated heterocycles. The highest BCUT2D eigenvalue weighted by Gasteiger charge is 2.24. The number of aromatic amines is 1. The number of nitrogens with one attached hydrogen (secondary N) is 1. The van der Waals surface area contributed by atoms with Crippen LogP contribution in [0.4, 0.5) is 5.82 Å². The molecule has 3 rings (SSSR count). The minimum Gasteiger partial charge on any atom is -0.462 e. The molecule has 1 aliphatic heterocycles. The topological polar surface area (TPSA) is 103 Å². The summed E-state index contributed by atoms with van der Waals surface area (Å²) in [4.78, 5) is 30.9. The molecule has 0 amide bonds. The van der Waals surface area contributed by atoms with Crippen molar-refractivity contribution >= 4 is 17.4 Å². The average molecular weight is 315 g/mol. The Labute approximate surface area is 132 Å². The van der Waals surface area contributed by atoms with Gasteiger partial charge in [0, 0.05) is 19.3 Å². The lowest BCUT2D eigenvalue weighted by Crippen LogP contribution is -2.33. The lowest BCUT2D eigenvalue weighted by molar-refractivity contribution is 0.0528. The zero-order chi connectivity index (χ0) is 16.4. The van der Waals surface area contributed by atoms with E-state index in [0.717, 1.165) is 36.9 Å². The molecule has 0 atom stereocenters. The van der Waals surface area contributed by atoms with Crippen molar-refractivity contribution in [3.05, 3.63) is 27.7 Å². The summed E-state index contributed by atoms with van der Waals surface area (Å²) in [5.74, 6) is -0.199. The first-order valence-corrected chi connectivity index (χ1v) is 7.63. The highest BCUT2D eigenvalue weighted by Crippen LogP contribution is 2.21. The van der Waals surface area contributed by atoms with Gasteiger partial charge in [0.15, 0.2) is 17.0 Å². The first-order chi connectivity index (χ1) is 11.2. The molecule has 0 saturated carbocycles. The van der Waals surface area contributed by atoms with Gasteiger partial charge in [-0.25, -0.2) is 9.78 Å². The number of hydrogen-bond acceptors (Lipinski definition) is 6. The smallest absolute Gasteiger partial charge is 0.343 e. The Hall–Kier alpha value is -2.82. The fraction of sp³-hybridized carbons (Fsp3) is 0.467. The van der Waals surface area contributed by atoms with Crippen LogP contribution in [0.15, 0.2) is 11.0 Å². The summed E-state index contributed by atoms with van der Waals surface area (Å²) >= 11 is 0. The number of piperidine rings is 1. The van der Waals surface area contributed by atoms with E-state index in [1.807, 2.05) is 11.0 Å². The van der Waals surface area contributed by atoms with Crippen LogP contribution < -0.4 is 10.5 Å². The van der Waals surface area contributed by atoms with E-state index in [4.69, 9.17) is 4.74 Å². The van der Waals surface area contributed by atoms with Gasteiger partial charge in [-0.3, -0.25) is 9.89 Å². The van der Waals surface area contributed by atoms with Crippen LogP contribution in [-0.2, 0) is 4.74 Å². The molecule has 0 aromatic carbocycles. The van der Waals surface area contributed by atoms with E-state index in [9.17, 15) is 14.9 Å². The Bertz CT molecular complexity index is 839. The van der Waals surface area contributed by atoms with Crippen molar-refractivity contribution in [2.24, 2.45) is 0 Å². The number of ether oxygens (including phenoxy) is 1. The van der Waals surface area contributed by atoms with E-state index in [0.29, 0.717) is 5.82 Å². The SMILES string of the molecule is CCOC(=O)c1c[nH]n2c(=O)c(C#N)c(N3CCCCC3)nc12. The van der Waals surface area contributed by atoms with Gasteiger partial charge in [-0.1, -0.05) is 0 Å². The number of carbonyl (C=O) groups excluding carboxylic acids is 1. The number of rotatable bonds is 3. The predicted octanol–water partition coefficient (Wildman–Crippen LogP) is 1.06. The van der Waals surface area contributed by atoms with Crippen molar-refractivity contribution in [1.29, 1.82) is 5.26 Å². The van der Waals surface area contributed by atoms with E-state index in [1.54, 1.807) is 6.92 Å². The molecule has 8 heteroatoms. The van der Waals surface area contributed by atoms with Gasteiger partial charge in [0.2, 0.25) is 0 Å². The molecule has 120 valence electrons. The summed E-state index contributed by atoms with van der Waals surface area (Å²) in [7, 11) is 0. The van der Waals surface area contributed by atoms with Crippen LogP contribution in [0, 0.1) is 11.3 Å². The third kappa shape index (κ3) is 2.54. The summed E-state index contributed by atoms with van der Waals surface area (Å²) in [6.07, 6.45) is 4.48. The minimum atomic E-state index is -0.549. The van der Waals surface area contributed by atoms with Gasteiger partial charge in [-0.2, -0.15) is 9.78 Å². The third-order valence-corrected chi connectivity index (χ3v) is 3.91. The van der Waals surface area contributed by atoms with Crippen LogP contribution in [0.3, 0.4) is 0 Å². The molecular formula is C15H17N5O3. The van der Waals surface area contributed by atoms with Crippen molar-refractivity contribution < 1.29 is 9.53 Å². The summed E-state index contributed by atoms with van der Waals surface area (Å²) in [6.45, 7) is 3.43. The van der Waals surface area contributed by atoms with Gasteiger partial charge in [0.1, 0.15) is 11.6 Å². The van der Waals surface area contributed by atoms with Crippen LogP contribution >= 0.6 is 0 Å². The Kier molecular flexibility index (Phi) is 4.02. The van der Waals surface area contributed by atoms with Crippen LogP contribution in [0.25, 0.3) is 5.65 Å². The van der Waals surface area contributed by atoms with Crippen LogP contribution in [0.5, 0.6) is 0 Å². The van der Waals surface area contributed by atoms with Crippen LogP contribution in [-0.4, -0.2) is 40.3 Å². The summed E-state index contributed by atoms with van der Waals surface area (Å²) in [5.41, 5.74) is -0.144. The van der Waals surface area contributed by atoms with Gasteiger partial charge < -0.3 is 9.64 Å². The van der Waals surface area contributed by atoms with Gasteiger partial charge in [0.05, 0.1) is 6.61 Å². The Balaban J connectivity index is 2.19. The fourth-order valence-corrected chi connectivity index (χ4v) is 2.80. The Morgan fingerprint density at radius 1 is 1.43 bits per heavy atom. The second-order valence-corrected chi connectivity index (χ2v) is 5.34. The Morgan fingerprint density at radius 2 is 2.17 bits per heavy atom. The molecule has 0 aliphatic carbocycles. The Morgan fingerprint density at radius 3 is 2.83 bits per heavy atom. The number of nitriles is 1. The number of anilines is 1. The van der Waals surface area contributed by atoms with Crippen molar-refractivity contribution in [2.45, 2.75) is 26.2 Å². The number of hydrogen-bond donors (Lipinski definition) is 1. The number of H-pyrrole nitrogens is 1. The molecule has 0 radical (unpaired) electrons. The van der Waals surface area contributed by atoms with Gasteiger partial charge in [0.25, 0.3) is 5.56 Å². The zero-order valence-electron chi connectivity index (χ0n) is 12.8. The number of nitrogens with zero attached hydrogens (tertiary/aromatic N) is 4. The van der Waals surface area contributed by atoms with Crippen molar-refractivity contribution in [1.82, 2.24) is 14.6 Å². The van der Waals surface area contributed by atoms with E-state index < -0.39 is 11.5 Å². The standard InChI is InChI=1S/C15H17N5O3/c1-2-23-15(22)11-9-17-20-13(11)18-12(10(8-16)14(20)21)19-6-4-3-5-7-19/h9,17H,2-7H2,1H3. The average Bonchev–Trinajstić information content (AvgIpc) is 3.00. The summed E-state index contributed by atoms with van der Waals surface area (Å²) in [6, 6.07) is 1.94. The third-order valence-electron chi connectivity index (χ3n) is 3.91. The number of carbonyl (C=O) groups is 1. The quantitative estimate of drug-likeness (QED) is 0.849. The molecular weight excluding hydrogens is 298 g/mol. The molecule has 1 N–H and O–H groups in total. The minimum absolute atomic E-state index is 0.0124. The van der Waals surface area contributed by atoms with Crippen molar-refractivity contribution in [2.75, 3.05) is 24.6 Å². The van der Waals surface area contributed by atoms with Gasteiger partial charge in [-0.15, -0.1) is 0 Å². The van der Waals surface area contributed by atoms with E-state index >= 15 is 0 Å². The molecule has 2 aromatic rings. The summed E-state index contributed by atoms with van der Waals surface area (Å²) < 4.78 is 6.09. The lowest BCUT2D eigenvalue weighted by atomic mass is 10.1. The summed E-state index contributed by atoms with van der Waals surface area (Å²) in [5, 5.41) is 12.0. The maximum Gasteiger partial charge on any atom is 0.343 e. The molecule has 8 nitrogen and oxygen atoms in total. The zero-order valence-corrected chi connectivity index (χ0v) is 12.8. The van der Waals surface area contributed by atoms with Gasteiger partial charge in [-0.05, 0) is 26.2 Å². The molecule has 1 fully saturated rings. The molecule has 0 spiro atoms. The highest BCUT2D eigenvalue weighted by molar-refractivity contribution is 5.95. The van der Waals surface area contributed by atoms with Crippen molar-refractivity contribution in [3.63, 3.8) is 0 Å². The first-order valence-electron chi connectivity index (χ1n) is 7.63. The van der Waals surface area contributed by atoms with Crippen molar-refractivity contribution in [3.8, 4) is 6.07 Å². The molecule has 0 unspecified atom stereocenters. The maximum atomic E-state index is 12.5. The van der Waals surface area contributed by atoms with E-state index in [1.165, 1.54) is 6.20 Å². The lowest BCUT2D eigenvalue weighted by Gasteiger charge is -2.28. The maximum absolute atomic E-state index is 12.5. The second kappa shape index (κ2) is 6.12. The molecule has 1 aliphatic rings. The predicted molar refractivity (Wildman–Crippen MR) is 82.5 cm³/mol. The van der Waals surface area contributed by atoms with E-state index in [-0.39, 0.29) is 23.4 Å². The largest absolute Gasteiger partial charge is 0.462 e. The number of aromatic nitrogens is 3. The highest BCUT2D eigenvalue weighted by atomic mass is 16.5. The molecule has 2 aromatic heterocycles. The van der Waals surface area contributed by atoms with Gasteiger partial charge >= 0.3 is 5.97 Å². The normalized spacial score (nSPS) is 14.7. The fourth-order valence-electron chi connectivity index (χ4n) is 2.80. The molecule has 3 heterocycles. The monoisotopic (exact) mass is 315 g/mol. The number of fused-ring (bicyclic) bond motifs is 1. The number of esters is 1. The molecule has 0 bridgehead atoms. The van der Waals surface area contributed by atoms with Crippen LogP contribution in [0.1, 0.15) is 42.1 Å². The second-order valence-electron chi connectivity index (χ2n) is 5.34. The van der Waals surface area contributed by atoms with Crippen LogP contribution in [0.2, 0.25) is 0 Å². The molecule has 23 heavy (non-hydrogen) atoms.